The lowest BCUT2D eigenvalue weighted by atomic mass is 10.1. The van der Waals surface area contributed by atoms with Crippen molar-refractivity contribution in [3.63, 3.8) is 0 Å². The average molecular weight is 312 g/mol. The number of amides is 1. The van der Waals surface area contributed by atoms with Crippen LogP contribution >= 0.6 is 0 Å². The Bertz CT molecular complexity index is 775. The number of rotatable bonds is 4. The molecule has 23 heavy (non-hydrogen) atoms. The largest absolute Gasteiger partial charge is 0.491 e. The Labute approximate surface area is 135 Å². The summed E-state index contributed by atoms with van der Waals surface area (Å²) in [6, 6.07) is 5.62. The molecule has 6 nitrogen and oxygen atoms in total. The molecule has 1 amide bonds. The molecule has 120 valence electrons. The van der Waals surface area contributed by atoms with E-state index in [0.717, 1.165) is 28.6 Å². The molecule has 1 aliphatic heterocycles. The van der Waals surface area contributed by atoms with Crippen molar-refractivity contribution in [2.75, 3.05) is 24.3 Å². The van der Waals surface area contributed by atoms with E-state index >= 15 is 0 Å². The molecule has 0 fully saturated rings. The lowest BCUT2D eigenvalue weighted by Gasteiger charge is -2.10. The highest BCUT2D eigenvalue weighted by Crippen LogP contribution is 2.35. The fourth-order valence-corrected chi connectivity index (χ4v) is 2.44. The van der Waals surface area contributed by atoms with Gasteiger partial charge in [0.15, 0.2) is 0 Å². The molecule has 2 N–H and O–H groups in total. The molecule has 1 aliphatic rings. The first kappa shape index (κ1) is 15.1. The number of nitrogens with one attached hydrogen (secondary N) is 2. The number of nitrogens with zero attached hydrogens (tertiary/aromatic N) is 2. The number of benzene rings is 1. The number of aromatic nitrogens is 2. The summed E-state index contributed by atoms with van der Waals surface area (Å²) in [6.45, 7) is 3.95. The van der Waals surface area contributed by atoms with Crippen LogP contribution in [0.15, 0.2) is 24.4 Å². The summed E-state index contributed by atoms with van der Waals surface area (Å²) < 4.78 is 5.72. The molecular formula is C17H20N4O2. The topological polar surface area (TPSA) is 70.2 Å². The van der Waals surface area contributed by atoms with E-state index in [1.54, 1.807) is 12.3 Å². The fourth-order valence-electron chi connectivity index (χ4n) is 2.44. The van der Waals surface area contributed by atoms with Gasteiger partial charge in [-0.25, -0.2) is 4.98 Å². The molecular weight excluding hydrogens is 292 g/mol. The van der Waals surface area contributed by atoms with Gasteiger partial charge >= 0.3 is 0 Å². The SMILES string of the molecule is CC(C)Oc1ccc2c(c1)/C(=C/c1cnc(N(C)C)[nH]1)C(=O)N2. The lowest BCUT2D eigenvalue weighted by Crippen LogP contribution is -2.10. The summed E-state index contributed by atoms with van der Waals surface area (Å²) >= 11 is 0. The van der Waals surface area contributed by atoms with Crippen LogP contribution in [0.1, 0.15) is 25.1 Å². The minimum absolute atomic E-state index is 0.0841. The number of anilines is 2. The van der Waals surface area contributed by atoms with Gasteiger partial charge in [0.25, 0.3) is 5.91 Å². The molecule has 1 aromatic heterocycles. The molecule has 2 aromatic rings. The van der Waals surface area contributed by atoms with Crippen LogP contribution in [-0.4, -0.2) is 36.1 Å². The molecule has 0 atom stereocenters. The third kappa shape index (κ3) is 3.06. The second-order valence-corrected chi connectivity index (χ2v) is 5.94. The van der Waals surface area contributed by atoms with Crippen LogP contribution in [0, 0.1) is 0 Å². The number of H-pyrrole nitrogens is 1. The molecule has 0 spiro atoms. The second-order valence-electron chi connectivity index (χ2n) is 5.94. The van der Waals surface area contributed by atoms with Gasteiger partial charge in [0, 0.05) is 25.3 Å². The lowest BCUT2D eigenvalue weighted by molar-refractivity contribution is -0.110. The van der Waals surface area contributed by atoms with Gasteiger partial charge < -0.3 is 19.9 Å². The van der Waals surface area contributed by atoms with E-state index in [-0.39, 0.29) is 12.0 Å². The minimum Gasteiger partial charge on any atom is -0.491 e. The Morgan fingerprint density at radius 1 is 1.30 bits per heavy atom. The van der Waals surface area contributed by atoms with E-state index in [2.05, 4.69) is 15.3 Å². The molecule has 0 saturated carbocycles. The van der Waals surface area contributed by atoms with Crippen LogP contribution in [-0.2, 0) is 4.79 Å². The van der Waals surface area contributed by atoms with Gasteiger partial charge in [-0.15, -0.1) is 0 Å². The van der Waals surface area contributed by atoms with E-state index in [9.17, 15) is 4.79 Å². The predicted octanol–water partition coefficient (Wildman–Crippen LogP) is 2.76. The van der Waals surface area contributed by atoms with Crippen LogP contribution in [0.25, 0.3) is 11.6 Å². The average Bonchev–Trinajstić information content (AvgIpc) is 3.05. The van der Waals surface area contributed by atoms with Crippen LogP contribution < -0.4 is 15.0 Å². The van der Waals surface area contributed by atoms with Crippen molar-refractivity contribution in [2.45, 2.75) is 20.0 Å². The van der Waals surface area contributed by atoms with Crippen molar-refractivity contribution < 1.29 is 9.53 Å². The first-order chi connectivity index (χ1) is 10.9. The molecule has 6 heteroatoms. The Hall–Kier alpha value is -2.76. The third-order valence-electron chi connectivity index (χ3n) is 3.45. The number of carbonyl (C=O) groups excluding carboxylic acids is 1. The highest BCUT2D eigenvalue weighted by Gasteiger charge is 2.25. The van der Waals surface area contributed by atoms with Gasteiger partial charge in [0.1, 0.15) is 5.75 Å². The van der Waals surface area contributed by atoms with Crippen molar-refractivity contribution in [1.82, 2.24) is 9.97 Å². The molecule has 1 aromatic carbocycles. The summed E-state index contributed by atoms with van der Waals surface area (Å²) in [5, 5.41) is 2.87. The van der Waals surface area contributed by atoms with Crippen molar-refractivity contribution in [1.29, 1.82) is 0 Å². The maximum absolute atomic E-state index is 12.2. The smallest absolute Gasteiger partial charge is 0.256 e. The Morgan fingerprint density at radius 3 is 2.74 bits per heavy atom. The van der Waals surface area contributed by atoms with Gasteiger partial charge in [0.2, 0.25) is 5.95 Å². The number of aromatic amines is 1. The molecule has 0 unspecified atom stereocenters. The fraction of sp³-hybridized carbons (Fsp3) is 0.294. The number of hydrogen-bond acceptors (Lipinski definition) is 4. The first-order valence-corrected chi connectivity index (χ1v) is 7.50. The third-order valence-corrected chi connectivity index (χ3v) is 3.45. The number of imidazole rings is 1. The first-order valence-electron chi connectivity index (χ1n) is 7.50. The van der Waals surface area contributed by atoms with Crippen molar-refractivity contribution >= 4 is 29.2 Å². The molecule has 0 radical (unpaired) electrons. The van der Waals surface area contributed by atoms with Crippen molar-refractivity contribution in [3.05, 3.63) is 35.7 Å². The Morgan fingerprint density at radius 2 is 2.09 bits per heavy atom. The van der Waals surface area contributed by atoms with E-state index in [4.69, 9.17) is 4.74 Å². The molecule has 0 aliphatic carbocycles. The number of fused-ring (bicyclic) bond motifs is 1. The van der Waals surface area contributed by atoms with Crippen LogP contribution in [0.2, 0.25) is 0 Å². The second kappa shape index (κ2) is 5.79. The number of carbonyl (C=O) groups is 1. The maximum Gasteiger partial charge on any atom is 0.256 e. The van der Waals surface area contributed by atoms with E-state index in [1.165, 1.54) is 0 Å². The molecule has 2 heterocycles. The summed E-state index contributed by atoms with van der Waals surface area (Å²) in [4.78, 5) is 21.5. The zero-order valence-electron chi connectivity index (χ0n) is 13.7. The normalized spacial score (nSPS) is 15.0. The highest BCUT2D eigenvalue weighted by atomic mass is 16.5. The summed E-state index contributed by atoms with van der Waals surface area (Å²) in [6.07, 6.45) is 3.60. The minimum atomic E-state index is -0.122. The molecule has 0 saturated heterocycles. The van der Waals surface area contributed by atoms with E-state index in [1.807, 2.05) is 51.0 Å². The Balaban J connectivity index is 1.97. The van der Waals surface area contributed by atoms with Crippen LogP contribution in [0.5, 0.6) is 5.75 Å². The van der Waals surface area contributed by atoms with E-state index in [0.29, 0.717) is 5.57 Å². The summed E-state index contributed by atoms with van der Waals surface area (Å²) in [7, 11) is 3.81. The zero-order chi connectivity index (χ0) is 16.6. The molecule has 0 bridgehead atoms. The van der Waals surface area contributed by atoms with Gasteiger partial charge in [-0.3, -0.25) is 4.79 Å². The monoisotopic (exact) mass is 312 g/mol. The number of hydrogen-bond donors (Lipinski definition) is 2. The van der Waals surface area contributed by atoms with Crippen LogP contribution in [0.3, 0.4) is 0 Å². The molecule has 3 rings (SSSR count). The summed E-state index contributed by atoms with van der Waals surface area (Å²) in [5.41, 5.74) is 3.02. The zero-order valence-corrected chi connectivity index (χ0v) is 13.7. The number of ether oxygens (including phenoxy) is 1. The van der Waals surface area contributed by atoms with Crippen LogP contribution in [0.4, 0.5) is 11.6 Å². The van der Waals surface area contributed by atoms with Gasteiger partial charge in [0.05, 0.1) is 23.6 Å². The van der Waals surface area contributed by atoms with Gasteiger partial charge in [-0.1, -0.05) is 0 Å². The van der Waals surface area contributed by atoms with Gasteiger partial charge in [-0.2, -0.15) is 0 Å². The highest BCUT2D eigenvalue weighted by molar-refractivity contribution is 6.34. The Kier molecular flexibility index (Phi) is 3.82. The van der Waals surface area contributed by atoms with Crippen molar-refractivity contribution in [3.8, 4) is 5.75 Å². The van der Waals surface area contributed by atoms with Gasteiger partial charge in [-0.05, 0) is 38.1 Å². The predicted molar refractivity (Wildman–Crippen MR) is 91.6 cm³/mol. The quantitative estimate of drug-likeness (QED) is 0.852. The maximum atomic E-state index is 12.2. The van der Waals surface area contributed by atoms with Crippen molar-refractivity contribution in [2.24, 2.45) is 0 Å². The van der Waals surface area contributed by atoms with E-state index < -0.39 is 0 Å². The standard InChI is InChI=1S/C17H20N4O2/c1-10(2)23-12-5-6-15-13(8-12)14(16(22)20-15)7-11-9-18-17(19-11)21(3)4/h5-10H,1-4H3,(H,18,19)(H,20,22)/b14-7-. The summed E-state index contributed by atoms with van der Waals surface area (Å²) in [5.74, 6) is 1.37.